The van der Waals surface area contributed by atoms with Gasteiger partial charge in [0.1, 0.15) is 0 Å². The predicted octanol–water partition coefficient (Wildman–Crippen LogP) is 1.80. The molecule has 1 aliphatic carbocycles. The minimum atomic E-state index is -0.135. The van der Waals surface area contributed by atoms with Gasteiger partial charge in [-0.25, -0.2) is 4.79 Å². The van der Waals surface area contributed by atoms with Crippen molar-refractivity contribution < 1.29 is 9.53 Å². The van der Waals surface area contributed by atoms with Crippen molar-refractivity contribution in [2.45, 2.75) is 6.42 Å². The van der Waals surface area contributed by atoms with E-state index in [-0.39, 0.29) is 11.9 Å². The molecule has 70 valence electrons. The molecule has 3 rings (SSSR count). The van der Waals surface area contributed by atoms with Gasteiger partial charge in [0.15, 0.2) is 0 Å². The molecule has 1 atom stereocenters. The van der Waals surface area contributed by atoms with Crippen molar-refractivity contribution in [2.24, 2.45) is 5.92 Å². The first kappa shape index (κ1) is 7.80. The maximum Gasteiger partial charge on any atom is 0.334 e. The van der Waals surface area contributed by atoms with Gasteiger partial charge in [-0.2, -0.15) is 0 Å². The summed E-state index contributed by atoms with van der Waals surface area (Å²) in [5.74, 6) is 0.155. The van der Waals surface area contributed by atoms with Crippen LogP contribution >= 0.6 is 0 Å². The van der Waals surface area contributed by atoms with Crippen molar-refractivity contribution in [3.63, 3.8) is 0 Å². The Kier molecular flexibility index (Phi) is 1.51. The van der Waals surface area contributed by atoms with Crippen molar-refractivity contribution in [1.29, 1.82) is 0 Å². The third kappa shape index (κ3) is 1.00. The van der Waals surface area contributed by atoms with Gasteiger partial charge in [0.2, 0.25) is 0 Å². The van der Waals surface area contributed by atoms with Crippen LogP contribution in [0.1, 0.15) is 11.1 Å². The van der Waals surface area contributed by atoms with Gasteiger partial charge >= 0.3 is 5.97 Å². The van der Waals surface area contributed by atoms with E-state index in [4.69, 9.17) is 4.74 Å². The lowest BCUT2D eigenvalue weighted by Gasteiger charge is -2.16. The van der Waals surface area contributed by atoms with Crippen molar-refractivity contribution in [1.82, 2.24) is 0 Å². The van der Waals surface area contributed by atoms with E-state index in [1.807, 2.05) is 24.3 Å². The van der Waals surface area contributed by atoms with Crippen LogP contribution in [-0.4, -0.2) is 12.6 Å². The summed E-state index contributed by atoms with van der Waals surface area (Å²) in [7, 11) is 0. The highest BCUT2D eigenvalue weighted by atomic mass is 16.5. The Morgan fingerprint density at radius 3 is 3.07 bits per heavy atom. The molecule has 1 aromatic rings. The molecule has 0 saturated carbocycles. The molecule has 14 heavy (non-hydrogen) atoms. The van der Waals surface area contributed by atoms with E-state index in [0.29, 0.717) is 6.61 Å². The molecular weight excluding hydrogens is 176 g/mol. The van der Waals surface area contributed by atoms with Crippen LogP contribution in [0.4, 0.5) is 0 Å². The highest BCUT2D eigenvalue weighted by Crippen LogP contribution is 2.33. The topological polar surface area (TPSA) is 26.3 Å². The molecule has 2 heteroatoms. The number of benzene rings is 1. The number of fused-ring (bicyclic) bond motifs is 2. The standard InChI is InChI=1S/C12H10O2/c13-12-11-6-9-4-2-1-3-8(9)5-10(11)7-14-12/h1-4,6,10H,5,7H2. The minimum Gasteiger partial charge on any atom is -0.462 e. The summed E-state index contributed by atoms with van der Waals surface area (Å²) in [6, 6.07) is 8.20. The molecule has 1 aliphatic heterocycles. The van der Waals surface area contributed by atoms with Gasteiger partial charge in [0.05, 0.1) is 6.61 Å². The van der Waals surface area contributed by atoms with Crippen molar-refractivity contribution in [2.75, 3.05) is 6.61 Å². The Morgan fingerprint density at radius 2 is 2.14 bits per heavy atom. The molecule has 0 N–H and O–H groups in total. The Labute approximate surface area is 82.2 Å². The zero-order valence-electron chi connectivity index (χ0n) is 7.69. The number of carbonyl (C=O) groups is 1. The van der Waals surface area contributed by atoms with Gasteiger partial charge in [-0.15, -0.1) is 0 Å². The zero-order chi connectivity index (χ0) is 9.54. The predicted molar refractivity (Wildman–Crippen MR) is 52.6 cm³/mol. The van der Waals surface area contributed by atoms with E-state index >= 15 is 0 Å². The van der Waals surface area contributed by atoms with E-state index in [0.717, 1.165) is 17.6 Å². The molecule has 1 heterocycles. The Hall–Kier alpha value is -1.57. The summed E-state index contributed by atoms with van der Waals surface area (Å²) >= 11 is 0. The normalized spacial score (nSPS) is 23.6. The number of hydrogen-bond acceptors (Lipinski definition) is 2. The summed E-state index contributed by atoms with van der Waals surface area (Å²) in [5, 5.41) is 0. The maximum atomic E-state index is 11.3. The van der Waals surface area contributed by atoms with E-state index < -0.39 is 0 Å². The summed E-state index contributed by atoms with van der Waals surface area (Å²) in [4.78, 5) is 11.3. The maximum absolute atomic E-state index is 11.3. The molecule has 0 radical (unpaired) electrons. The second kappa shape index (κ2) is 2.71. The SMILES string of the molecule is O=C1OCC2Cc3ccccc3C=C12. The second-order valence-electron chi connectivity index (χ2n) is 3.80. The van der Waals surface area contributed by atoms with Crippen molar-refractivity contribution in [3.8, 4) is 0 Å². The van der Waals surface area contributed by atoms with Crippen LogP contribution in [0.15, 0.2) is 29.8 Å². The molecule has 1 aromatic carbocycles. The van der Waals surface area contributed by atoms with E-state index in [1.54, 1.807) is 0 Å². The van der Waals surface area contributed by atoms with Crippen molar-refractivity contribution in [3.05, 3.63) is 41.0 Å². The van der Waals surface area contributed by atoms with Gasteiger partial charge in [-0.05, 0) is 23.6 Å². The summed E-state index contributed by atoms with van der Waals surface area (Å²) < 4.78 is 5.02. The van der Waals surface area contributed by atoms with E-state index in [9.17, 15) is 4.79 Å². The number of ether oxygens (including phenoxy) is 1. The molecule has 1 fully saturated rings. The molecule has 2 nitrogen and oxygen atoms in total. The number of esters is 1. The van der Waals surface area contributed by atoms with Gasteiger partial charge in [-0.1, -0.05) is 24.3 Å². The molecule has 0 bridgehead atoms. The summed E-state index contributed by atoms with van der Waals surface area (Å²) in [5.41, 5.74) is 3.33. The first-order valence-electron chi connectivity index (χ1n) is 4.81. The lowest BCUT2D eigenvalue weighted by molar-refractivity contribution is -0.135. The molecule has 0 amide bonds. The number of cyclic esters (lactones) is 1. The van der Waals surface area contributed by atoms with Gasteiger partial charge in [-0.3, -0.25) is 0 Å². The highest BCUT2D eigenvalue weighted by molar-refractivity contribution is 5.97. The number of hydrogen-bond donors (Lipinski definition) is 0. The summed E-state index contributed by atoms with van der Waals surface area (Å²) in [6.45, 7) is 0.555. The average molecular weight is 186 g/mol. The molecule has 0 spiro atoms. The van der Waals surface area contributed by atoms with Crippen LogP contribution in [0.2, 0.25) is 0 Å². The van der Waals surface area contributed by atoms with Crippen LogP contribution in [0.25, 0.3) is 6.08 Å². The minimum absolute atomic E-state index is 0.135. The Balaban J connectivity index is 2.13. The summed E-state index contributed by atoms with van der Waals surface area (Å²) in [6.07, 6.45) is 2.91. The second-order valence-corrected chi connectivity index (χ2v) is 3.80. The quantitative estimate of drug-likeness (QED) is 0.577. The van der Waals surface area contributed by atoms with E-state index in [2.05, 4.69) is 6.07 Å². The molecule has 2 aliphatic rings. The van der Waals surface area contributed by atoms with Gasteiger partial charge < -0.3 is 4.74 Å². The first-order valence-corrected chi connectivity index (χ1v) is 4.81. The largest absolute Gasteiger partial charge is 0.462 e. The fourth-order valence-electron chi connectivity index (χ4n) is 2.16. The average Bonchev–Trinajstić information content (AvgIpc) is 2.57. The van der Waals surface area contributed by atoms with Crippen LogP contribution in [0, 0.1) is 5.92 Å². The number of carbonyl (C=O) groups excluding carboxylic acids is 1. The fourth-order valence-corrected chi connectivity index (χ4v) is 2.16. The first-order chi connectivity index (χ1) is 6.84. The monoisotopic (exact) mass is 186 g/mol. The highest BCUT2D eigenvalue weighted by Gasteiger charge is 2.33. The van der Waals surface area contributed by atoms with Crippen LogP contribution in [0.3, 0.4) is 0 Å². The third-order valence-corrected chi connectivity index (χ3v) is 2.92. The third-order valence-electron chi connectivity index (χ3n) is 2.92. The number of rotatable bonds is 0. The molecule has 1 saturated heterocycles. The van der Waals surface area contributed by atoms with Crippen LogP contribution < -0.4 is 0 Å². The lowest BCUT2D eigenvalue weighted by Crippen LogP contribution is -2.12. The smallest absolute Gasteiger partial charge is 0.334 e. The zero-order valence-corrected chi connectivity index (χ0v) is 7.69. The lowest BCUT2D eigenvalue weighted by atomic mass is 9.85. The molecule has 0 aromatic heterocycles. The van der Waals surface area contributed by atoms with Gasteiger partial charge in [0, 0.05) is 11.5 Å². The fraction of sp³-hybridized carbons (Fsp3) is 0.250. The Bertz CT molecular complexity index is 432. The Morgan fingerprint density at radius 1 is 1.29 bits per heavy atom. The van der Waals surface area contributed by atoms with E-state index in [1.165, 1.54) is 5.56 Å². The molecular formula is C12H10O2. The van der Waals surface area contributed by atoms with Crippen LogP contribution in [0.5, 0.6) is 0 Å². The van der Waals surface area contributed by atoms with Crippen molar-refractivity contribution >= 4 is 12.0 Å². The van der Waals surface area contributed by atoms with Crippen LogP contribution in [-0.2, 0) is 16.0 Å². The van der Waals surface area contributed by atoms with Gasteiger partial charge in [0.25, 0.3) is 0 Å². The molecule has 1 unspecified atom stereocenters.